The van der Waals surface area contributed by atoms with Crippen molar-refractivity contribution in [3.8, 4) is 6.07 Å². The van der Waals surface area contributed by atoms with Gasteiger partial charge in [-0.2, -0.15) is 18.4 Å². The fourth-order valence-corrected chi connectivity index (χ4v) is 4.40. The van der Waals surface area contributed by atoms with Gasteiger partial charge in [-0.05, 0) is 25.1 Å². The van der Waals surface area contributed by atoms with E-state index in [1.807, 2.05) is 0 Å². The first-order valence-electron chi connectivity index (χ1n) is 7.93. The third-order valence-electron chi connectivity index (χ3n) is 5.45. The van der Waals surface area contributed by atoms with Crippen molar-refractivity contribution in [3.05, 3.63) is 29.3 Å². The van der Waals surface area contributed by atoms with Gasteiger partial charge in [0, 0.05) is 6.42 Å². The Morgan fingerprint density at radius 1 is 1.35 bits per heavy atom. The molecule has 6 nitrogen and oxygen atoms in total. The number of hydrogen-bond donors (Lipinski definition) is 1. The van der Waals surface area contributed by atoms with E-state index in [-0.39, 0.29) is 12.1 Å². The van der Waals surface area contributed by atoms with Crippen LogP contribution in [0.25, 0.3) is 0 Å². The van der Waals surface area contributed by atoms with Gasteiger partial charge in [0.15, 0.2) is 0 Å². The number of carbonyl (C=O) groups is 2. The van der Waals surface area contributed by atoms with Crippen LogP contribution in [0.2, 0.25) is 0 Å². The molecule has 1 aromatic rings. The molecule has 0 saturated carbocycles. The van der Waals surface area contributed by atoms with Crippen LogP contribution in [0.4, 0.5) is 18.9 Å². The van der Waals surface area contributed by atoms with E-state index in [2.05, 4.69) is 0 Å². The molecule has 4 rings (SSSR count). The molecule has 2 bridgehead atoms. The van der Waals surface area contributed by atoms with Gasteiger partial charge >= 0.3 is 6.18 Å². The fraction of sp³-hybridized carbons (Fsp3) is 0.471. The van der Waals surface area contributed by atoms with Crippen LogP contribution in [-0.4, -0.2) is 34.7 Å². The second-order valence-electron chi connectivity index (χ2n) is 7.02. The van der Waals surface area contributed by atoms with Gasteiger partial charge in [-0.25, -0.2) is 4.90 Å². The van der Waals surface area contributed by atoms with Crippen molar-refractivity contribution < 1.29 is 32.6 Å². The number of benzene rings is 1. The van der Waals surface area contributed by atoms with Crippen LogP contribution in [0, 0.1) is 23.2 Å². The van der Waals surface area contributed by atoms with Crippen LogP contribution in [0.3, 0.4) is 0 Å². The van der Waals surface area contributed by atoms with E-state index < -0.39 is 58.8 Å². The SMILES string of the molecule is C[C@@]12C[C@@H](O)[C@@H](O1)[C@@H]1C(=O)N(c3ccc(C#N)c(C(F)(F)F)c3)C(=O)[C@@H]12. The molecule has 3 aliphatic heterocycles. The maximum atomic E-state index is 13.2. The number of nitriles is 1. The van der Waals surface area contributed by atoms with E-state index in [1.165, 1.54) is 6.07 Å². The zero-order chi connectivity index (χ0) is 19.0. The van der Waals surface area contributed by atoms with Crippen molar-refractivity contribution in [2.45, 2.75) is 37.3 Å². The quantitative estimate of drug-likeness (QED) is 0.763. The second-order valence-corrected chi connectivity index (χ2v) is 7.02. The van der Waals surface area contributed by atoms with Crippen molar-refractivity contribution in [1.82, 2.24) is 0 Å². The predicted octanol–water partition coefficient (Wildman–Crippen LogP) is 1.60. The minimum absolute atomic E-state index is 0.187. The number of hydrogen-bond acceptors (Lipinski definition) is 5. The molecule has 0 aromatic heterocycles. The highest BCUT2D eigenvalue weighted by Gasteiger charge is 2.70. The van der Waals surface area contributed by atoms with Crippen molar-refractivity contribution in [1.29, 1.82) is 5.26 Å². The summed E-state index contributed by atoms with van der Waals surface area (Å²) in [7, 11) is 0. The average molecular weight is 366 g/mol. The lowest BCUT2D eigenvalue weighted by Crippen LogP contribution is -2.42. The Bertz CT molecular complexity index is 878. The van der Waals surface area contributed by atoms with Gasteiger partial charge in [-0.3, -0.25) is 9.59 Å². The summed E-state index contributed by atoms with van der Waals surface area (Å²) in [6.07, 6.45) is -6.35. The molecule has 1 aromatic carbocycles. The third kappa shape index (κ3) is 2.06. The highest BCUT2D eigenvalue weighted by Crippen LogP contribution is 2.55. The van der Waals surface area contributed by atoms with Gasteiger partial charge in [0.1, 0.15) is 0 Å². The molecule has 3 fully saturated rings. The molecule has 9 heteroatoms. The summed E-state index contributed by atoms with van der Waals surface area (Å²) in [4.78, 5) is 26.3. The average Bonchev–Trinajstić information content (AvgIpc) is 3.12. The van der Waals surface area contributed by atoms with Crippen LogP contribution >= 0.6 is 0 Å². The van der Waals surface area contributed by atoms with Gasteiger partial charge in [0.2, 0.25) is 11.8 Å². The first-order chi connectivity index (χ1) is 12.1. The van der Waals surface area contributed by atoms with Crippen molar-refractivity contribution in [3.63, 3.8) is 0 Å². The molecule has 3 heterocycles. The molecular formula is C17H13F3N2O4. The minimum atomic E-state index is -4.80. The maximum absolute atomic E-state index is 13.2. The highest BCUT2D eigenvalue weighted by molar-refractivity contribution is 6.23. The molecule has 0 spiro atoms. The molecule has 2 amide bonds. The molecule has 3 aliphatic rings. The number of rotatable bonds is 1. The largest absolute Gasteiger partial charge is 0.417 e. The molecule has 26 heavy (non-hydrogen) atoms. The minimum Gasteiger partial charge on any atom is -0.390 e. The van der Waals surface area contributed by atoms with Crippen LogP contribution in [0.15, 0.2) is 18.2 Å². The van der Waals surface area contributed by atoms with E-state index in [0.29, 0.717) is 6.07 Å². The molecule has 5 atom stereocenters. The lowest BCUT2D eigenvalue weighted by atomic mass is 9.73. The number of aliphatic hydroxyl groups excluding tert-OH is 1. The van der Waals surface area contributed by atoms with E-state index in [4.69, 9.17) is 10.00 Å². The molecular weight excluding hydrogens is 353 g/mol. The second kappa shape index (κ2) is 5.05. The molecule has 1 N–H and O–H groups in total. The lowest BCUT2D eigenvalue weighted by Gasteiger charge is -2.27. The monoisotopic (exact) mass is 366 g/mol. The van der Waals surface area contributed by atoms with Crippen LogP contribution in [0.5, 0.6) is 0 Å². The standard InChI is InChI=1S/C17H13F3N2O4/c1-16-5-10(23)13(26-16)11-12(16)15(25)22(14(11)24)8-3-2-7(6-21)9(4-8)17(18,19)20/h2-4,10-13,23H,5H2,1H3/t10-,11-,12-,13-,16+/m1/s1. The molecule has 0 aliphatic carbocycles. The molecule has 0 radical (unpaired) electrons. The van der Waals surface area contributed by atoms with Crippen molar-refractivity contribution in [2.75, 3.05) is 4.90 Å². The number of amides is 2. The summed E-state index contributed by atoms with van der Waals surface area (Å²) in [6.45, 7) is 1.62. The van der Waals surface area contributed by atoms with E-state index in [1.54, 1.807) is 6.92 Å². The number of aliphatic hydroxyl groups is 1. The summed E-state index contributed by atoms with van der Waals surface area (Å²) in [5.74, 6) is -3.09. The van der Waals surface area contributed by atoms with Gasteiger partial charge < -0.3 is 9.84 Å². The first kappa shape index (κ1) is 17.0. The summed E-state index contributed by atoms with van der Waals surface area (Å²) >= 11 is 0. The lowest BCUT2D eigenvalue weighted by molar-refractivity contribution is -0.138. The molecule has 136 valence electrons. The number of ether oxygens (including phenoxy) is 1. The van der Waals surface area contributed by atoms with Gasteiger partial charge in [-0.15, -0.1) is 0 Å². The Labute approximate surface area is 145 Å². The number of fused-ring (bicyclic) bond motifs is 5. The topological polar surface area (TPSA) is 90.6 Å². The summed E-state index contributed by atoms with van der Waals surface area (Å²) in [5, 5.41) is 18.9. The van der Waals surface area contributed by atoms with E-state index in [0.717, 1.165) is 17.0 Å². The number of nitrogens with zero attached hydrogens (tertiary/aromatic N) is 2. The number of alkyl halides is 3. The van der Waals surface area contributed by atoms with Gasteiger partial charge in [-0.1, -0.05) is 0 Å². The summed E-state index contributed by atoms with van der Waals surface area (Å²) in [6, 6.07) is 4.18. The maximum Gasteiger partial charge on any atom is 0.417 e. The Kier molecular flexibility index (Phi) is 3.30. The first-order valence-corrected chi connectivity index (χ1v) is 7.93. The number of carbonyl (C=O) groups excluding carboxylic acids is 2. The smallest absolute Gasteiger partial charge is 0.390 e. The fourth-order valence-electron chi connectivity index (χ4n) is 4.40. The Balaban J connectivity index is 1.78. The zero-order valence-corrected chi connectivity index (χ0v) is 13.4. The number of anilines is 1. The van der Waals surface area contributed by atoms with E-state index >= 15 is 0 Å². The highest BCUT2D eigenvalue weighted by atomic mass is 19.4. The van der Waals surface area contributed by atoms with Crippen molar-refractivity contribution in [2.24, 2.45) is 11.8 Å². The summed E-state index contributed by atoms with van der Waals surface area (Å²) in [5.41, 5.74) is -3.06. The van der Waals surface area contributed by atoms with E-state index in [9.17, 15) is 27.9 Å². The predicted molar refractivity (Wildman–Crippen MR) is 79.5 cm³/mol. The van der Waals surface area contributed by atoms with Crippen LogP contribution in [0.1, 0.15) is 24.5 Å². The Morgan fingerprint density at radius 2 is 2.04 bits per heavy atom. The Hall–Kier alpha value is -2.44. The normalized spacial score (nSPS) is 35.8. The van der Waals surface area contributed by atoms with Crippen LogP contribution in [-0.2, 0) is 20.5 Å². The summed E-state index contributed by atoms with van der Waals surface area (Å²) < 4.78 is 45.2. The third-order valence-corrected chi connectivity index (χ3v) is 5.45. The van der Waals surface area contributed by atoms with Crippen molar-refractivity contribution >= 4 is 17.5 Å². The van der Waals surface area contributed by atoms with Gasteiger partial charge in [0.25, 0.3) is 0 Å². The van der Waals surface area contributed by atoms with Crippen LogP contribution < -0.4 is 4.90 Å². The van der Waals surface area contributed by atoms with Gasteiger partial charge in [0.05, 0.1) is 52.5 Å². The zero-order valence-electron chi connectivity index (χ0n) is 13.4. The number of imide groups is 1. The number of halogens is 3. The molecule has 3 saturated heterocycles. The Morgan fingerprint density at radius 3 is 2.65 bits per heavy atom. The molecule has 0 unspecified atom stereocenters.